The van der Waals surface area contributed by atoms with E-state index in [9.17, 15) is 4.79 Å². The van der Waals surface area contributed by atoms with Crippen LogP contribution in [0.15, 0.2) is 0 Å². The van der Waals surface area contributed by atoms with Crippen LogP contribution in [-0.4, -0.2) is 37.1 Å². The second kappa shape index (κ2) is 5.47. The molecule has 2 fully saturated rings. The highest BCUT2D eigenvalue weighted by Gasteiger charge is 2.18. The first-order chi connectivity index (χ1) is 7.34. The van der Waals surface area contributed by atoms with Gasteiger partial charge in [-0.1, -0.05) is 0 Å². The molecule has 0 aromatic heterocycles. The molecule has 86 valence electrons. The standard InChI is InChI=1S/C11H21N3O/c15-11-2-1-8-14(13-11)9-5-10-3-6-12-7-4-10/h10,12H,1-9H2,(H,13,15). The number of piperidine rings is 1. The normalized spacial score (nSPS) is 25.2. The van der Waals surface area contributed by atoms with Crippen molar-refractivity contribution in [2.24, 2.45) is 5.92 Å². The zero-order valence-electron chi connectivity index (χ0n) is 9.30. The Morgan fingerprint density at radius 2 is 2.13 bits per heavy atom. The lowest BCUT2D eigenvalue weighted by Crippen LogP contribution is -2.47. The van der Waals surface area contributed by atoms with E-state index >= 15 is 0 Å². The van der Waals surface area contributed by atoms with Gasteiger partial charge in [0.2, 0.25) is 5.91 Å². The summed E-state index contributed by atoms with van der Waals surface area (Å²) in [6, 6.07) is 0. The Morgan fingerprint density at radius 3 is 2.87 bits per heavy atom. The van der Waals surface area contributed by atoms with Gasteiger partial charge < -0.3 is 5.32 Å². The first-order valence-corrected chi connectivity index (χ1v) is 6.10. The van der Waals surface area contributed by atoms with Crippen LogP contribution in [0.2, 0.25) is 0 Å². The smallest absolute Gasteiger partial charge is 0.234 e. The second-order valence-corrected chi connectivity index (χ2v) is 4.61. The minimum atomic E-state index is 0.187. The first-order valence-electron chi connectivity index (χ1n) is 6.10. The molecule has 0 aromatic rings. The van der Waals surface area contributed by atoms with Crippen LogP contribution in [0.1, 0.15) is 32.1 Å². The van der Waals surface area contributed by atoms with Crippen molar-refractivity contribution in [2.45, 2.75) is 32.1 Å². The molecular weight excluding hydrogens is 190 g/mol. The molecule has 0 bridgehead atoms. The summed E-state index contributed by atoms with van der Waals surface area (Å²) in [4.78, 5) is 11.2. The maximum Gasteiger partial charge on any atom is 0.234 e. The number of hydrogen-bond acceptors (Lipinski definition) is 3. The Hall–Kier alpha value is -0.610. The number of nitrogens with one attached hydrogen (secondary N) is 2. The summed E-state index contributed by atoms with van der Waals surface area (Å²) >= 11 is 0. The molecule has 2 rings (SSSR count). The maximum atomic E-state index is 11.2. The lowest BCUT2D eigenvalue weighted by atomic mass is 9.94. The van der Waals surface area contributed by atoms with Gasteiger partial charge in [0.05, 0.1) is 0 Å². The number of carbonyl (C=O) groups excluding carboxylic acids is 1. The summed E-state index contributed by atoms with van der Waals surface area (Å²) in [6.07, 6.45) is 5.52. The topological polar surface area (TPSA) is 44.4 Å². The zero-order valence-corrected chi connectivity index (χ0v) is 9.30. The van der Waals surface area contributed by atoms with Crippen LogP contribution in [0.5, 0.6) is 0 Å². The predicted octanol–water partition coefficient (Wildman–Crippen LogP) is 0.503. The molecule has 0 aromatic carbocycles. The van der Waals surface area contributed by atoms with Crippen molar-refractivity contribution in [3.8, 4) is 0 Å². The van der Waals surface area contributed by atoms with E-state index in [0.29, 0.717) is 6.42 Å². The molecule has 0 unspecified atom stereocenters. The van der Waals surface area contributed by atoms with E-state index in [4.69, 9.17) is 0 Å². The number of carbonyl (C=O) groups is 1. The first kappa shape index (κ1) is 10.9. The third-order valence-corrected chi connectivity index (χ3v) is 3.38. The Bertz CT molecular complexity index is 214. The number of rotatable bonds is 3. The summed E-state index contributed by atoms with van der Waals surface area (Å²) in [5.41, 5.74) is 2.93. The van der Waals surface area contributed by atoms with E-state index in [1.807, 2.05) is 0 Å². The van der Waals surface area contributed by atoms with Gasteiger partial charge in [0.25, 0.3) is 0 Å². The molecule has 4 nitrogen and oxygen atoms in total. The molecule has 0 atom stereocenters. The van der Waals surface area contributed by atoms with Gasteiger partial charge >= 0.3 is 0 Å². The maximum absolute atomic E-state index is 11.2. The van der Waals surface area contributed by atoms with E-state index in [1.54, 1.807) is 0 Å². The number of hydrogen-bond donors (Lipinski definition) is 2. The third kappa shape index (κ3) is 3.47. The van der Waals surface area contributed by atoms with Crippen molar-refractivity contribution in [2.75, 3.05) is 26.2 Å². The molecule has 0 saturated carbocycles. The molecule has 0 aliphatic carbocycles. The van der Waals surface area contributed by atoms with Gasteiger partial charge in [-0.2, -0.15) is 0 Å². The Balaban J connectivity index is 1.65. The van der Waals surface area contributed by atoms with E-state index in [-0.39, 0.29) is 5.91 Å². The monoisotopic (exact) mass is 211 g/mol. The van der Waals surface area contributed by atoms with Crippen LogP contribution >= 0.6 is 0 Å². The molecule has 2 aliphatic rings. The van der Waals surface area contributed by atoms with Crippen LogP contribution in [0, 0.1) is 5.92 Å². The van der Waals surface area contributed by atoms with E-state index in [0.717, 1.165) is 38.5 Å². The number of hydrazine groups is 1. The van der Waals surface area contributed by atoms with Crippen molar-refractivity contribution in [3.05, 3.63) is 0 Å². The molecule has 2 N–H and O–H groups in total. The van der Waals surface area contributed by atoms with Gasteiger partial charge in [-0.15, -0.1) is 0 Å². The van der Waals surface area contributed by atoms with Crippen molar-refractivity contribution < 1.29 is 4.79 Å². The average molecular weight is 211 g/mol. The quantitative estimate of drug-likeness (QED) is 0.714. The van der Waals surface area contributed by atoms with Crippen LogP contribution in [0.25, 0.3) is 0 Å². The molecule has 0 radical (unpaired) electrons. The molecule has 15 heavy (non-hydrogen) atoms. The SMILES string of the molecule is O=C1CCCN(CCC2CCNCC2)N1. The van der Waals surface area contributed by atoms with Gasteiger partial charge in [-0.05, 0) is 44.7 Å². The average Bonchev–Trinajstić information content (AvgIpc) is 2.28. The van der Waals surface area contributed by atoms with Gasteiger partial charge in [-0.3, -0.25) is 10.2 Å². The highest BCUT2D eigenvalue weighted by atomic mass is 16.2. The van der Waals surface area contributed by atoms with E-state index in [2.05, 4.69) is 15.8 Å². The molecule has 2 heterocycles. The Morgan fingerprint density at radius 1 is 1.33 bits per heavy atom. The second-order valence-electron chi connectivity index (χ2n) is 4.61. The molecular formula is C11H21N3O. The lowest BCUT2D eigenvalue weighted by Gasteiger charge is -2.30. The van der Waals surface area contributed by atoms with Crippen molar-refractivity contribution in [1.29, 1.82) is 0 Å². The minimum Gasteiger partial charge on any atom is -0.317 e. The zero-order chi connectivity index (χ0) is 10.5. The van der Waals surface area contributed by atoms with E-state index in [1.165, 1.54) is 19.3 Å². The van der Waals surface area contributed by atoms with Gasteiger partial charge in [0, 0.05) is 19.5 Å². The van der Waals surface area contributed by atoms with Crippen molar-refractivity contribution in [1.82, 2.24) is 15.8 Å². The van der Waals surface area contributed by atoms with Crippen LogP contribution in [-0.2, 0) is 4.79 Å². The van der Waals surface area contributed by atoms with Gasteiger partial charge in [0.1, 0.15) is 0 Å². The Labute approximate surface area is 91.4 Å². The highest BCUT2D eigenvalue weighted by Crippen LogP contribution is 2.16. The number of nitrogens with zero attached hydrogens (tertiary/aromatic N) is 1. The van der Waals surface area contributed by atoms with Crippen LogP contribution in [0.4, 0.5) is 0 Å². The number of amides is 1. The highest BCUT2D eigenvalue weighted by molar-refractivity contribution is 5.75. The summed E-state index contributed by atoms with van der Waals surface area (Å²) in [5, 5.41) is 5.47. The lowest BCUT2D eigenvalue weighted by molar-refractivity contribution is -0.128. The van der Waals surface area contributed by atoms with Gasteiger partial charge in [-0.25, -0.2) is 5.01 Å². The molecule has 4 heteroatoms. The summed E-state index contributed by atoms with van der Waals surface area (Å²) in [7, 11) is 0. The van der Waals surface area contributed by atoms with E-state index < -0.39 is 0 Å². The predicted molar refractivity (Wildman–Crippen MR) is 59.2 cm³/mol. The molecule has 0 spiro atoms. The summed E-state index contributed by atoms with van der Waals surface area (Å²) in [5.74, 6) is 1.04. The van der Waals surface area contributed by atoms with Crippen molar-refractivity contribution >= 4 is 5.91 Å². The Kier molecular flexibility index (Phi) is 3.97. The molecule has 1 amide bonds. The summed E-state index contributed by atoms with van der Waals surface area (Å²) in [6.45, 7) is 4.38. The van der Waals surface area contributed by atoms with Gasteiger partial charge in [0.15, 0.2) is 0 Å². The van der Waals surface area contributed by atoms with Crippen LogP contribution in [0.3, 0.4) is 0 Å². The fourth-order valence-electron chi connectivity index (χ4n) is 2.40. The third-order valence-electron chi connectivity index (χ3n) is 3.38. The van der Waals surface area contributed by atoms with Crippen LogP contribution < -0.4 is 10.7 Å². The largest absolute Gasteiger partial charge is 0.317 e. The summed E-state index contributed by atoms with van der Waals surface area (Å²) < 4.78 is 0. The minimum absolute atomic E-state index is 0.187. The fraction of sp³-hybridized carbons (Fsp3) is 0.909. The fourth-order valence-corrected chi connectivity index (χ4v) is 2.40. The van der Waals surface area contributed by atoms with Crippen molar-refractivity contribution in [3.63, 3.8) is 0 Å². The molecule has 2 aliphatic heterocycles. The molecule has 2 saturated heterocycles.